The number of carbonyl (C=O) groups is 1. The third-order valence-electron chi connectivity index (χ3n) is 4.76. The monoisotopic (exact) mass is 391 g/mol. The van der Waals surface area contributed by atoms with Crippen molar-refractivity contribution in [1.29, 1.82) is 0 Å². The Labute approximate surface area is 170 Å². The largest absolute Gasteiger partial charge is 0.345 e. The number of hydrogen-bond acceptors (Lipinski definition) is 4. The summed E-state index contributed by atoms with van der Waals surface area (Å²) in [6, 6.07) is 20.0. The molecule has 144 valence electrons. The van der Waals surface area contributed by atoms with Crippen LogP contribution in [0.1, 0.15) is 40.5 Å². The second-order valence-corrected chi connectivity index (χ2v) is 7.45. The number of amides is 1. The van der Waals surface area contributed by atoms with E-state index in [-0.39, 0.29) is 11.9 Å². The molecule has 1 N–H and O–H groups in total. The first-order valence-electron chi connectivity index (χ1n) is 9.36. The minimum atomic E-state index is -0.160. The predicted octanol–water partition coefficient (Wildman–Crippen LogP) is 4.65. The van der Waals surface area contributed by atoms with Gasteiger partial charge in [0.25, 0.3) is 0 Å². The van der Waals surface area contributed by atoms with E-state index in [0.717, 1.165) is 33.2 Å². The van der Waals surface area contributed by atoms with Crippen molar-refractivity contribution in [3.63, 3.8) is 0 Å². The number of rotatable bonds is 7. The number of benzene rings is 2. The average Bonchev–Trinajstić information content (AvgIpc) is 2.72. The van der Waals surface area contributed by atoms with Crippen molar-refractivity contribution in [3.05, 3.63) is 88.7 Å². The molecule has 0 unspecified atom stereocenters. The molecule has 0 radical (unpaired) electrons. The molecule has 0 saturated carbocycles. The van der Waals surface area contributed by atoms with Crippen LogP contribution >= 0.6 is 11.8 Å². The lowest BCUT2D eigenvalue weighted by Crippen LogP contribution is -2.29. The van der Waals surface area contributed by atoms with Gasteiger partial charge in [-0.25, -0.2) is 9.97 Å². The summed E-state index contributed by atoms with van der Waals surface area (Å²) >= 11 is 1.53. The molecule has 5 heteroatoms. The summed E-state index contributed by atoms with van der Waals surface area (Å²) in [5.74, 6) is 0.0189. The van der Waals surface area contributed by atoms with Crippen molar-refractivity contribution in [2.45, 2.75) is 37.9 Å². The van der Waals surface area contributed by atoms with Gasteiger partial charge in [0.1, 0.15) is 0 Å². The summed E-state index contributed by atoms with van der Waals surface area (Å²) in [7, 11) is 0. The highest BCUT2D eigenvalue weighted by Gasteiger charge is 2.17. The van der Waals surface area contributed by atoms with Gasteiger partial charge >= 0.3 is 0 Å². The maximum absolute atomic E-state index is 12.8. The lowest BCUT2D eigenvalue weighted by atomic mass is 9.98. The summed E-state index contributed by atoms with van der Waals surface area (Å²) in [5.41, 5.74) is 5.10. The van der Waals surface area contributed by atoms with Gasteiger partial charge in [-0.1, -0.05) is 72.4 Å². The van der Waals surface area contributed by atoms with Crippen LogP contribution in [0, 0.1) is 13.8 Å². The lowest BCUT2D eigenvalue weighted by Gasteiger charge is -2.20. The molecule has 4 nitrogen and oxygen atoms in total. The highest BCUT2D eigenvalue weighted by Crippen LogP contribution is 2.22. The third kappa shape index (κ3) is 4.98. The van der Waals surface area contributed by atoms with Crippen molar-refractivity contribution in [2.24, 2.45) is 0 Å². The second-order valence-electron chi connectivity index (χ2n) is 6.68. The molecule has 1 heterocycles. The van der Waals surface area contributed by atoms with E-state index in [1.165, 1.54) is 11.8 Å². The maximum atomic E-state index is 12.8. The zero-order chi connectivity index (χ0) is 19.9. The Kier molecular flexibility index (Phi) is 6.82. The van der Waals surface area contributed by atoms with E-state index in [9.17, 15) is 4.79 Å². The number of nitrogens with zero attached hydrogens (tertiary/aromatic N) is 2. The molecule has 3 rings (SSSR count). The molecule has 28 heavy (non-hydrogen) atoms. The van der Waals surface area contributed by atoms with E-state index in [4.69, 9.17) is 0 Å². The van der Waals surface area contributed by atoms with Gasteiger partial charge in [0.15, 0.2) is 5.16 Å². The van der Waals surface area contributed by atoms with Gasteiger partial charge in [-0.05, 0) is 43.2 Å². The Morgan fingerprint density at radius 3 is 1.89 bits per heavy atom. The van der Waals surface area contributed by atoms with Gasteiger partial charge in [-0.3, -0.25) is 4.79 Å². The van der Waals surface area contributed by atoms with Crippen molar-refractivity contribution < 1.29 is 4.79 Å². The first-order chi connectivity index (χ1) is 13.6. The van der Waals surface area contributed by atoms with E-state index in [1.807, 2.05) is 80.8 Å². The van der Waals surface area contributed by atoms with Crippen LogP contribution in [0.3, 0.4) is 0 Å². The van der Waals surface area contributed by atoms with Crippen LogP contribution in [0.5, 0.6) is 0 Å². The minimum absolute atomic E-state index is 0.0189. The Morgan fingerprint density at radius 2 is 1.43 bits per heavy atom. The molecule has 0 aliphatic carbocycles. The van der Waals surface area contributed by atoms with Gasteiger partial charge in [0, 0.05) is 17.8 Å². The molecule has 2 aromatic carbocycles. The van der Waals surface area contributed by atoms with E-state index in [2.05, 4.69) is 15.3 Å². The summed E-state index contributed by atoms with van der Waals surface area (Å²) in [6.45, 7) is 3.97. The van der Waals surface area contributed by atoms with Gasteiger partial charge in [-0.15, -0.1) is 0 Å². The number of aromatic nitrogens is 2. The number of nitrogens with one attached hydrogen (secondary N) is 1. The van der Waals surface area contributed by atoms with E-state index >= 15 is 0 Å². The highest BCUT2D eigenvalue weighted by atomic mass is 32.2. The molecule has 1 aromatic heterocycles. The Hall–Kier alpha value is -2.66. The fraction of sp³-hybridized carbons (Fsp3) is 0.261. The molecule has 1 amide bonds. The lowest BCUT2D eigenvalue weighted by molar-refractivity contribution is -0.121. The summed E-state index contributed by atoms with van der Waals surface area (Å²) in [4.78, 5) is 21.8. The average molecular weight is 392 g/mol. The molecule has 0 saturated heterocycles. The van der Waals surface area contributed by atoms with Crippen molar-refractivity contribution >= 4 is 17.7 Å². The minimum Gasteiger partial charge on any atom is -0.345 e. The second kappa shape index (κ2) is 9.51. The molecule has 0 atom stereocenters. The van der Waals surface area contributed by atoms with Crippen molar-refractivity contribution in [2.75, 3.05) is 6.26 Å². The van der Waals surface area contributed by atoms with E-state index in [1.54, 1.807) is 0 Å². The fourth-order valence-electron chi connectivity index (χ4n) is 3.28. The number of aryl methyl sites for hydroxylation is 2. The maximum Gasteiger partial charge on any atom is 0.221 e. The zero-order valence-corrected chi connectivity index (χ0v) is 17.3. The molecule has 0 bridgehead atoms. The molecule has 0 fully saturated rings. The molecular formula is C23H25N3OS. The van der Waals surface area contributed by atoms with Crippen LogP contribution in [0.15, 0.2) is 65.8 Å². The Balaban J connectivity index is 1.73. The Morgan fingerprint density at radius 1 is 0.929 bits per heavy atom. The topological polar surface area (TPSA) is 54.9 Å². The first kappa shape index (κ1) is 20.1. The molecule has 0 spiro atoms. The zero-order valence-electron chi connectivity index (χ0n) is 16.5. The van der Waals surface area contributed by atoms with Gasteiger partial charge in [0.05, 0.1) is 6.04 Å². The van der Waals surface area contributed by atoms with E-state index < -0.39 is 0 Å². The standard InChI is InChI=1S/C23H25N3OS/c1-16-20(17(2)25-23(24-16)28-3)14-15-21(27)26-22(18-10-6-4-7-11-18)19-12-8-5-9-13-19/h4-13,22H,14-15H2,1-3H3,(H,26,27). The normalized spacial score (nSPS) is 10.9. The summed E-state index contributed by atoms with van der Waals surface area (Å²) < 4.78 is 0. The van der Waals surface area contributed by atoms with Crippen molar-refractivity contribution in [3.8, 4) is 0 Å². The van der Waals surface area contributed by atoms with Gasteiger partial charge in [-0.2, -0.15) is 0 Å². The SMILES string of the molecule is CSc1nc(C)c(CCC(=O)NC(c2ccccc2)c2ccccc2)c(C)n1. The van der Waals surface area contributed by atoms with Crippen LogP contribution in [-0.4, -0.2) is 22.1 Å². The molecular weight excluding hydrogens is 366 g/mol. The first-order valence-corrected chi connectivity index (χ1v) is 10.6. The van der Waals surface area contributed by atoms with Crippen LogP contribution in [-0.2, 0) is 11.2 Å². The predicted molar refractivity (Wildman–Crippen MR) is 114 cm³/mol. The number of thioether (sulfide) groups is 1. The van der Waals surface area contributed by atoms with Gasteiger partial charge in [0.2, 0.25) is 5.91 Å². The van der Waals surface area contributed by atoms with Crippen LogP contribution in [0.2, 0.25) is 0 Å². The highest BCUT2D eigenvalue weighted by molar-refractivity contribution is 7.98. The summed E-state index contributed by atoms with van der Waals surface area (Å²) in [6.07, 6.45) is 3.00. The number of carbonyl (C=O) groups excluding carboxylic acids is 1. The quantitative estimate of drug-likeness (QED) is 0.470. The van der Waals surface area contributed by atoms with Crippen LogP contribution < -0.4 is 5.32 Å². The van der Waals surface area contributed by atoms with Crippen molar-refractivity contribution in [1.82, 2.24) is 15.3 Å². The molecule has 0 aliphatic heterocycles. The van der Waals surface area contributed by atoms with E-state index in [0.29, 0.717) is 12.8 Å². The fourth-order valence-corrected chi connectivity index (χ4v) is 3.74. The van der Waals surface area contributed by atoms with Gasteiger partial charge < -0.3 is 5.32 Å². The number of hydrogen-bond donors (Lipinski definition) is 1. The summed E-state index contributed by atoms with van der Waals surface area (Å²) in [5, 5.41) is 3.97. The van der Waals surface area contributed by atoms with Crippen LogP contribution in [0.25, 0.3) is 0 Å². The van der Waals surface area contributed by atoms with Crippen LogP contribution in [0.4, 0.5) is 0 Å². The third-order valence-corrected chi connectivity index (χ3v) is 5.30. The smallest absolute Gasteiger partial charge is 0.221 e. The molecule has 0 aliphatic rings. The molecule has 3 aromatic rings. The Bertz CT molecular complexity index is 867.